The summed E-state index contributed by atoms with van der Waals surface area (Å²) < 4.78 is 16.8. The van der Waals surface area contributed by atoms with Gasteiger partial charge in [0, 0.05) is 12.8 Å². The van der Waals surface area contributed by atoms with Crippen molar-refractivity contribution in [1.29, 1.82) is 0 Å². The summed E-state index contributed by atoms with van der Waals surface area (Å²) in [4.78, 5) is 25.2. The van der Waals surface area contributed by atoms with Gasteiger partial charge in [-0.3, -0.25) is 9.59 Å². The van der Waals surface area contributed by atoms with Gasteiger partial charge in [0.05, 0.1) is 32.0 Å². The SMILES string of the molecule is CCCCCC/C=C\C/C=C\CCCCCCCCCC(=O)OCCCCCCCCCCCCCCCCC/C=C\C/C=C\CCCCCCCCCCCCCCCCCCCC(=O)NC(COC1OC(CO)C(O)C(O)C1O)C(O)/C=C/CCCCCCCCCCCCCC. The number of allylic oxidation sites excluding steroid dienone is 9. The number of nitrogens with one attached hydrogen (secondary N) is 1. The fraction of sp³-hybridized carbons (Fsp3) is 0.864. The van der Waals surface area contributed by atoms with E-state index >= 15 is 0 Å². The zero-order valence-corrected chi connectivity index (χ0v) is 65.0. The highest BCUT2D eigenvalue weighted by Gasteiger charge is 2.44. The molecule has 0 aromatic carbocycles. The average Bonchev–Trinajstić information content (AvgIpc) is 0.826. The van der Waals surface area contributed by atoms with Crippen molar-refractivity contribution in [3.05, 3.63) is 60.8 Å². The number of carbonyl (C=O) groups is 2. The molecule has 6 N–H and O–H groups in total. The summed E-state index contributed by atoms with van der Waals surface area (Å²) in [6.07, 6.45) is 94.1. The summed E-state index contributed by atoms with van der Waals surface area (Å²) in [5.41, 5.74) is 0. The van der Waals surface area contributed by atoms with Gasteiger partial charge in [-0.1, -0.05) is 376 Å². The van der Waals surface area contributed by atoms with Gasteiger partial charge < -0.3 is 45.1 Å². The normalized spacial score (nSPS) is 17.4. The summed E-state index contributed by atoms with van der Waals surface area (Å²) in [7, 11) is 0. The third-order valence-electron chi connectivity index (χ3n) is 20.3. The van der Waals surface area contributed by atoms with Gasteiger partial charge in [0.2, 0.25) is 5.91 Å². The summed E-state index contributed by atoms with van der Waals surface area (Å²) in [5.74, 6) is -0.168. The molecule has 0 aliphatic carbocycles. The van der Waals surface area contributed by atoms with Crippen LogP contribution in [0.15, 0.2) is 60.8 Å². The second-order valence-corrected chi connectivity index (χ2v) is 29.9. The van der Waals surface area contributed by atoms with Crippen LogP contribution in [0.4, 0.5) is 0 Å². The number of unbranched alkanes of at least 4 members (excludes halogenated alkanes) is 55. The van der Waals surface area contributed by atoms with Crippen LogP contribution in [0.25, 0.3) is 0 Å². The molecule has 1 rings (SSSR count). The van der Waals surface area contributed by atoms with Crippen LogP contribution in [0.2, 0.25) is 0 Å². The Labute approximate surface area is 611 Å². The Morgan fingerprint density at radius 2 is 0.677 bits per heavy atom. The topological polar surface area (TPSA) is 175 Å². The van der Waals surface area contributed by atoms with Crippen molar-refractivity contribution >= 4 is 11.9 Å². The summed E-state index contributed by atoms with van der Waals surface area (Å²) in [6.45, 7) is 4.38. The van der Waals surface area contributed by atoms with E-state index in [1.807, 2.05) is 6.08 Å². The molecule has 0 radical (unpaired) electrons. The summed E-state index contributed by atoms with van der Waals surface area (Å²) in [6, 6.07) is -0.809. The predicted octanol–water partition coefficient (Wildman–Crippen LogP) is 24.0. The molecule has 0 spiro atoms. The Kier molecular flexibility index (Phi) is 72.9. The highest BCUT2D eigenvalue weighted by atomic mass is 16.7. The van der Waals surface area contributed by atoms with Gasteiger partial charge in [-0.25, -0.2) is 0 Å². The van der Waals surface area contributed by atoms with Gasteiger partial charge >= 0.3 is 5.97 Å². The maximum atomic E-state index is 13.1. The number of ether oxygens (including phenoxy) is 3. The lowest BCUT2D eigenvalue weighted by atomic mass is 9.99. The van der Waals surface area contributed by atoms with E-state index in [9.17, 15) is 35.1 Å². The zero-order valence-electron chi connectivity index (χ0n) is 65.0. The van der Waals surface area contributed by atoms with E-state index in [4.69, 9.17) is 14.2 Å². The van der Waals surface area contributed by atoms with Crippen LogP contribution in [-0.4, -0.2) is 100 Å². The van der Waals surface area contributed by atoms with E-state index in [-0.39, 0.29) is 18.5 Å². The summed E-state index contributed by atoms with van der Waals surface area (Å²) >= 11 is 0. The molecule has 0 aromatic rings. The molecule has 7 atom stereocenters. The standard InChI is InChI=1S/C88H163NO10/c1-3-5-7-9-11-13-15-17-19-20-45-48-52-56-60-64-68-72-76-84(93)97-77-73-69-65-61-57-53-49-46-43-41-39-37-35-33-31-29-27-25-23-21-22-24-26-28-30-32-34-36-38-40-42-44-47-51-55-59-63-67-71-75-83(92)89-80(79-98-88-87(96)86(95)85(94)82(78-90)99-88)81(91)74-70-66-62-58-54-50-18-16-14-12-10-8-6-4-2/h13,15,19-22,25,27,70,74,80-82,85-88,90-91,94-96H,3-12,14,16-18,23-24,26,28-69,71-73,75-79H2,1-2H3,(H,89,92)/b15-13-,20-19-,22-21-,27-25-,74-70+. The van der Waals surface area contributed by atoms with Gasteiger partial charge in [0.15, 0.2) is 6.29 Å². The number of hydrogen-bond acceptors (Lipinski definition) is 10. The Hall–Kier alpha value is -2.64. The number of aliphatic hydroxyl groups is 5. The van der Waals surface area contributed by atoms with Crippen molar-refractivity contribution in [2.24, 2.45) is 0 Å². The van der Waals surface area contributed by atoms with Crippen molar-refractivity contribution in [1.82, 2.24) is 5.32 Å². The minimum Gasteiger partial charge on any atom is -0.466 e. The molecule has 11 nitrogen and oxygen atoms in total. The number of carbonyl (C=O) groups excluding carboxylic acids is 2. The highest BCUT2D eigenvalue weighted by Crippen LogP contribution is 2.24. The Morgan fingerprint density at radius 1 is 0.374 bits per heavy atom. The minimum atomic E-state index is -1.57. The molecule has 0 aromatic heterocycles. The molecule has 0 saturated carbocycles. The second kappa shape index (κ2) is 76.5. The van der Waals surface area contributed by atoms with Crippen molar-refractivity contribution < 1.29 is 49.3 Å². The van der Waals surface area contributed by atoms with Crippen LogP contribution in [-0.2, 0) is 23.8 Å². The molecule has 1 saturated heterocycles. The van der Waals surface area contributed by atoms with Gasteiger partial charge in [0.25, 0.3) is 0 Å². The maximum Gasteiger partial charge on any atom is 0.305 e. The third-order valence-corrected chi connectivity index (χ3v) is 20.3. The number of aliphatic hydroxyl groups excluding tert-OH is 5. The lowest BCUT2D eigenvalue weighted by molar-refractivity contribution is -0.302. The number of rotatable bonds is 77. The Morgan fingerprint density at radius 3 is 1.03 bits per heavy atom. The largest absolute Gasteiger partial charge is 0.466 e. The Balaban J connectivity index is 1.89. The molecule has 1 fully saturated rings. The van der Waals surface area contributed by atoms with E-state index in [2.05, 4.69) is 67.8 Å². The van der Waals surface area contributed by atoms with Crippen molar-refractivity contribution in [2.45, 2.75) is 468 Å². The first-order valence-corrected chi connectivity index (χ1v) is 43.1. The van der Waals surface area contributed by atoms with E-state index in [1.165, 1.54) is 327 Å². The molecule has 99 heavy (non-hydrogen) atoms. The quantitative estimate of drug-likeness (QED) is 0.0195. The molecule has 1 amide bonds. The molecule has 7 unspecified atom stereocenters. The predicted molar refractivity (Wildman–Crippen MR) is 421 cm³/mol. The average molecular weight is 1400 g/mol. The zero-order chi connectivity index (χ0) is 71.5. The fourth-order valence-corrected chi connectivity index (χ4v) is 13.6. The first kappa shape index (κ1) is 94.4. The van der Waals surface area contributed by atoms with Crippen LogP contribution in [0, 0.1) is 0 Å². The molecule has 1 aliphatic heterocycles. The van der Waals surface area contributed by atoms with E-state index in [1.54, 1.807) is 6.08 Å². The molecule has 1 aliphatic rings. The van der Waals surface area contributed by atoms with Crippen molar-refractivity contribution in [3.8, 4) is 0 Å². The van der Waals surface area contributed by atoms with Crippen LogP contribution in [0.3, 0.4) is 0 Å². The fourth-order valence-electron chi connectivity index (χ4n) is 13.6. The molecule has 11 heteroatoms. The maximum absolute atomic E-state index is 13.1. The number of hydrogen-bond donors (Lipinski definition) is 6. The first-order chi connectivity index (χ1) is 48.7. The van der Waals surface area contributed by atoms with E-state index in [0.29, 0.717) is 19.4 Å². The van der Waals surface area contributed by atoms with Gasteiger partial charge in [-0.15, -0.1) is 0 Å². The Bertz CT molecular complexity index is 1830. The van der Waals surface area contributed by atoms with Crippen molar-refractivity contribution in [3.63, 3.8) is 0 Å². The van der Waals surface area contributed by atoms with Gasteiger partial charge in [-0.05, 0) is 96.3 Å². The second-order valence-electron chi connectivity index (χ2n) is 29.9. The lowest BCUT2D eigenvalue weighted by Crippen LogP contribution is -2.60. The molecular formula is C88H163NO10. The van der Waals surface area contributed by atoms with E-state index < -0.39 is 49.5 Å². The molecular weight excluding hydrogens is 1230 g/mol. The summed E-state index contributed by atoms with van der Waals surface area (Å²) in [5, 5.41) is 54.6. The first-order valence-electron chi connectivity index (χ1n) is 43.1. The van der Waals surface area contributed by atoms with Crippen LogP contribution in [0.1, 0.15) is 425 Å². The highest BCUT2D eigenvalue weighted by molar-refractivity contribution is 5.76. The number of esters is 1. The van der Waals surface area contributed by atoms with Crippen LogP contribution in [0.5, 0.6) is 0 Å². The van der Waals surface area contributed by atoms with Crippen LogP contribution < -0.4 is 5.32 Å². The van der Waals surface area contributed by atoms with Crippen LogP contribution >= 0.6 is 0 Å². The van der Waals surface area contributed by atoms with Gasteiger partial charge in [-0.2, -0.15) is 0 Å². The smallest absolute Gasteiger partial charge is 0.305 e. The van der Waals surface area contributed by atoms with Crippen molar-refractivity contribution in [2.75, 3.05) is 19.8 Å². The molecule has 580 valence electrons. The third kappa shape index (κ3) is 64.7. The molecule has 0 bridgehead atoms. The monoisotopic (exact) mass is 1390 g/mol. The minimum absolute atomic E-state index is 0.00764. The van der Waals surface area contributed by atoms with E-state index in [0.717, 1.165) is 70.6 Å². The molecule has 1 heterocycles. The van der Waals surface area contributed by atoms with Gasteiger partial charge in [0.1, 0.15) is 24.4 Å². The lowest BCUT2D eigenvalue weighted by Gasteiger charge is -2.40. The number of amides is 1.